The molecule has 2 aromatic rings. The molecule has 0 spiro atoms. The lowest BCUT2D eigenvalue weighted by Crippen LogP contribution is -2.33. The highest BCUT2D eigenvalue weighted by Crippen LogP contribution is 2.29. The highest BCUT2D eigenvalue weighted by atomic mass is 16.5. The van der Waals surface area contributed by atoms with Gasteiger partial charge in [0.15, 0.2) is 0 Å². The third kappa shape index (κ3) is 6.04. The molecule has 2 aromatic carbocycles. The molecule has 0 aliphatic carbocycles. The van der Waals surface area contributed by atoms with Gasteiger partial charge in [-0.2, -0.15) is 0 Å². The fourth-order valence-electron chi connectivity index (χ4n) is 2.65. The van der Waals surface area contributed by atoms with E-state index in [2.05, 4.69) is 11.9 Å². The van der Waals surface area contributed by atoms with Crippen molar-refractivity contribution < 1.29 is 19.0 Å². The van der Waals surface area contributed by atoms with E-state index in [4.69, 9.17) is 14.2 Å². The number of anilines is 1. The summed E-state index contributed by atoms with van der Waals surface area (Å²) in [6, 6.07) is 13.1. The number of nitrogens with zero attached hydrogens (tertiary/aromatic N) is 1. The first-order valence-corrected chi connectivity index (χ1v) is 8.57. The van der Waals surface area contributed by atoms with Crippen LogP contribution in [0, 0.1) is 0 Å². The Balaban J connectivity index is 2.02. The SMILES string of the molecule is C=CCN(CC(=O)Nc1ccc(OC)cc1OC)Cc1ccc(OC)cc1. The molecule has 0 fully saturated rings. The number of carbonyl (C=O) groups excluding carboxylic acids is 1. The largest absolute Gasteiger partial charge is 0.497 e. The average Bonchev–Trinajstić information content (AvgIpc) is 2.69. The third-order valence-electron chi connectivity index (χ3n) is 4.00. The molecule has 0 atom stereocenters. The summed E-state index contributed by atoms with van der Waals surface area (Å²) in [5, 5.41) is 2.89. The van der Waals surface area contributed by atoms with Crippen LogP contribution in [0.2, 0.25) is 0 Å². The molecule has 0 saturated heterocycles. The van der Waals surface area contributed by atoms with E-state index in [9.17, 15) is 4.79 Å². The summed E-state index contributed by atoms with van der Waals surface area (Å²) in [7, 11) is 4.77. The third-order valence-corrected chi connectivity index (χ3v) is 4.00. The molecule has 6 nitrogen and oxygen atoms in total. The lowest BCUT2D eigenvalue weighted by Gasteiger charge is -2.21. The Morgan fingerprint density at radius 1 is 1.04 bits per heavy atom. The van der Waals surface area contributed by atoms with E-state index in [1.54, 1.807) is 45.6 Å². The Kier molecular flexibility index (Phi) is 7.70. The first kappa shape index (κ1) is 20.3. The second-order valence-corrected chi connectivity index (χ2v) is 5.92. The minimum atomic E-state index is -0.131. The van der Waals surface area contributed by atoms with Gasteiger partial charge in [-0.3, -0.25) is 9.69 Å². The molecule has 0 aromatic heterocycles. The van der Waals surface area contributed by atoms with Gasteiger partial charge in [-0.15, -0.1) is 6.58 Å². The number of amides is 1. The minimum absolute atomic E-state index is 0.131. The predicted molar refractivity (Wildman–Crippen MR) is 107 cm³/mol. The van der Waals surface area contributed by atoms with E-state index in [1.807, 2.05) is 29.2 Å². The van der Waals surface area contributed by atoms with Gasteiger partial charge in [0, 0.05) is 19.2 Å². The van der Waals surface area contributed by atoms with Crippen molar-refractivity contribution in [3.05, 3.63) is 60.7 Å². The zero-order valence-electron chi connectivity index (χ0n) is 16.0. The Labute approximate surface area is 160 Å². The van der Waals surface area contributed by atoms with Crippen molar-refractivity contribution >= 4 is 11.6 Å². The minimum Gasteiger partial charge on any atom is -0.497 e. The Bertz CT molecular complexity index is 759. The summed E-state index contributed by atoms with van der Waals surface area (Å²) in [5.74, 6) is 1.89. The first-order valence-electron chi connectivity index (χ1n) is 8.57. The van der Waals surface area contributed by atoms with Crippen LogP contribution in [0.25, 0.3) is 0 Å². The van der Waals surface area contributed by atoms with Crippen molar-refractivity contribution in [2.24, 2.45) is 0 Å². The molecular formula is C21H26N2O4. The maximum atomic E-state index is 12.5. The number of hydrogen-bond acceptors (Lipinski definition) is 5. The summed E-state index contributed by atoms with van der Waals surface area (Å²) in [5.41, 5.74) is 1.69. The lowest BCUT2D eigenvalue weighted by atomic mass is 10.2. The summed E-state index contributed by atoms with van der Waals surface area (Å²) >= 11 is 0. The van der Waals surface area contributed by atoms with Crippen LogP contribution in [-0.2, 0) is 11.3 Å². The van der Waals surface area contributed by atoms with Gasteiger partial charge in [-0.25, -0.2) is 0 Å². The monoisotopic (exact) mass is 370 g/mol. The van der Waals surface area contributed by atoms with Crippen LogP contribution < -0.4 is 19.5 Å². The van der Waals surface area contributed by atoms with Crippen LogP contribution in [0.4, 0.5) is 5.69 Å². The molecule has 1 N–H and O–H groups in total. The summed E-state index contributed by atoms with van der Waals surface area (Å²) < 4.78 is 15.7. The molecule has 1 amide bonds. The topological polar surface area (TPSA) is 60.0 Å². The molecule has 2 rings (SSSR count). The van der Waals surface area contributed by atoms with Crippen LogP contribution >= 0.6 is 0 Å². The molecule has 144 valence electrons. The van der Waals surface area contributed by atoms with Gasteiger partial charge in [0.05, 0.1) is 33.6 Å². The molecule has 0 radical (unpaired) electrons. The lowest BCUT2D eigenvalue weighted by molar-refractivity contribution is -0.117. The smallest absolute Gasteiger partial charge is 0.238 e. The van der Waals surface area contributed by atoms with Gasteiger partial charge in [-0.1, -0.05) is 18.2 Å². The highest BCUT2D eigenvalue weighted by molar-refractivity contribution is 5.93. The van der Waals surface area contributed by atoms with Crippen molar-refractivity contribution in [3.63, 3.8) is 0 Å². The highest BCUT2D eigenvalue weighted by Gasteiger charge is 2.13. The van der Waals surface area contributed by atoms with E-state index >= 15 is 0 Å². The van der Waals surface area contributed by atoms with Crippen molar-refractivity contribution in [1.29, 1.82) is 0 Å². The molecule has 27 heavy (non-hydrogen) atoms. The standard InChI is InChI=1S/C21H26N2O4/c1-5-12-23(14-16-6-8-17(25-2)9-7-16)15-21(24)22-19-11-10-18(26-3)13-20(19)27-4/h5-11,13H,1,12,14-15H2,2-4H3,(H,22,24). The van der Waals surface area contributed by atoms with Crippen molar-refractivity contribution in [3.8, 4) is 17.2 Å². The number of carbonyl (C=O) groups is 1. The Morgan fingerprint density at radius 3 is 2.30 bits per heavy atom. The zero-order valence-corrected chi connectivity index (χ0v) is 16.0. The number of rotatable bonds is 10. The van der Waals surface area contributed by atoms with Crippen LogP contribution in [-0.4, -0.2) is 45.2 Å². The summed E-state index contributed by atoms with van der Waals surface area (Å²) in [6.07, 6.45) is 1.78. The second-order valence-electron chi connectivity index (χ2n) is 5.92. The molecule has 0 bridgehead atoms. The predicted octanol–water partition coefficient (Wildman–Crippen LogP) is 3.34. The number of nitrogens with one attached hydrogen (secondary N) is 1. The number of benzene rings is 2. The van der Waals surface area contributed by atoms with Crippen LogP contribution in [0.1, 0.15) is 5.56 Å². The molecule has 0 unspecified atom stereocenters. The molecule has 6 heteroatoms. The van der Waals surface area contributed by atoms with Crippen LogP contribution in [0.3, 0.4) is 0 Å². The molecule has 0 aliphatic rings. The number of hydrogen-bond donors (Lipinski definition) is 1. The maximum Gasteiger partial charge on any atom is 0.238 e. The molecule has 0 heterocycles. The zero-order chi connectivity index (χ0) is 19.6. The average molecular weight is 370 g/mol. The van der Waals surface area contributed by atoms with Crippen LogP contribution in [0.5, 0.6) is 17.2 Å². The Hall–Kier alpha value is -2.99. The molecule has 0 aliphatic heterocycles. The second kappa shape index (κ2) is 10.2. The van der Waals surface area contributed by atoms with E-state index in [1.165, 1.54) is 0 Å². The number of methoxy groups -OCH3 is 3. The van der Waals surface area contributed by atoms with E-state index < -0.39 is 0 Å². The van der Waals surface area contributed by atoms with Crippen LogP contribution in [0.15, 0.2) is 55.1 Å². The van der Waals surface area contributed by atoms with Gasteiger partial charge in [0.25, 0.3) is 0 Å². The Morgan fingerprint density at radius 2 is 1.70 bits per heavy atom. The molecular weight excluding hydrogens is 344 g/mol. The fraction of sp³-hybridized carbons (Fsp3) is 0.286. The number of ether oxygens (including phenoxy) is 3. The van der Waals surface area contributed by atoms with Gasteiger partial charge in [-0.05, 0) is 29.8 Å². The van der Waals surface area contributed by atoms with Gasteiger partial charge in [0.1, 0.15) is 17.2 Å². The first-order chi connectivity index (χ1) is 13.1. The summed E-state index contributed by atoms with van der Waals surface area (Å²) in [4.78, 5) is 14.5. The van der Waals surface area contributed by atoms with Crippen molar-refractivity contribution in [2.75, 3.05) is 39.7 Å². The molecule has 0 saturated carbocycles. The quantitative estimate of drug-likeness (QED) is 0.650. The van der Waals surface area contributed by atoms with Gasteiger partial charge >= 0.3 is 0 Å². The van der Waals surface area contributed by atoms with Gasteiger partial charge < -0.3 is 19.5 Å². The van der Waals surface area contributed by atoms with E-state index in [0.29, 0.717) is 30.3 Å². The summed E-state index contributed by atoms with van der Waals surface area (Å²) in [6.45, 7) is 5.23. The van der Waals surface area contributed by atoms with Crippen molar-refractivity contribution in [1.82, 2.24) is 4.90 Å². The van der Waals surface area contributed by atoms with Crippen molar-refractivity contribution in [2.45, 2.75) is 6.54 Å². The van der Waals surface area contributed by atoms with Gasteiger partial charge in [0.2, 0.25) is 5.91 Å². The van der Waals surface area contributed by atoms with E-state index in [-0.39, 0.29) is 12.5 Å². The fourth-order valence-corrected chi connectivity index (χ4v) is 2.65. The normalized spacial score (nSPS) is 10.4. The van der Waals surface area contributed by atoms with E-state index in [0.717, 1.165) is 11.3 Å². The maximum absolute atomic E-state index is 12.5.